The van der Waals surface area contributed by atoms with Gasteiger partial charge in [0.1, 0.15) is 4.92 Å². The number of furan rings is 1. The van der Waals surface area contributed by atoms with Crippen molar-refractivity contribution in [3.05, 3.63) is 40.1 Å². The zero-order valence-electron chi connectivity index (χ0n) is 16.9. The fourth-order valence-corrected chi connectivity index (χ4v) is 4.16. The minimum absolute atomic E-state index is 0. The van der Waals surface area contributed by atoms with Crippen LogP contribution >= 0.6 is 23.7 Å². The van der Waals surface area contributed by atoms with Crippen LogP contribution in [0.15, 0.2) is 28.7 Å². The predicted molar refractivity (Wildman–Crippen MR) is 118 cm³/mol. The van der Waals surface area contributed by atoms with E-state index in [-0.39, 0.29) is 25.0 Å². The van der Waals surface area contributed by atoms with Gasteiger partial charge in [-0.1, -0.05) is 25.2 Å². The first-order chi connectivity index (χ1) is 14.5. The summed E-state index contributed by atoms with van der Waals surface area (Å²) in [4.78, 5) is 31.7. The molecule has 1 aliphatic rings. The van der Waals surface area contributed by atoms with Gasteiger partial charge in [-0.25, -0.2) is 4.98 Å². The Labute approximate surface area is 187 Å². The zero-order chi connectivity index (χ0) is 21.3. The second-order valence-corrected chi connectivity index (χ2v) is 7.56. The number of amides is 1. The molecule has 31 heavy (non-hydrogen) atoms. The molecular formula is C19H21ClN4O6S. The van der Waals surface area contributed by atoms with Crippen molar-refractivity contribution >= 4 is 50.9 Å². The molecule has 10 nitrogen and oxygen atoms in total. The predicted octanol–water partition coefficient (Wildman–Crippen LogP) is 3.94. The average Bonchev–Trinajstić information content (AvgIpc) is 3.47. The van der Waals surface area contributed by atoms with Crippen molar-refractivity contribution in [2.24, 2.45) is 0 Å². The molecule has 1 aromatic carbocycles. The smallest absolute Gasteiger partial charge is 0.433 e. The number of nitrogens with zero attached hydrogens (tertiary/aromatic N) is 4. The van der Waals surface area contributed by atoms with Crippen LogP contribution in [0.1, 0.15) is 24.4 Å². The van der Waals surface area contributed by atoms with Crippen molar-refractivity contribution in [3.8, 4) is 11.5 Å². The fourth-order valence-electron chi connectivity index (χ4n) is 3.16. The van der Waals surface area contributed by atoms with E-state index in [1.807, 2.05) is 19.9 Å². The topological polar surface area (TPSA) is 111 Å². The molecule has 0 N–H and O–H groups in total. The van der Waals surface area contributed by atoms with Gasteiger partial charge in [0.15, 0.2) is 22.4 Å². The highest BCUT2D eigenvalue weighted by molar-refractivity contribution is 7.22. The maximum absolute atomic E-state index is 13.2. The van der Waals surface area contributed by atoms with Crippen molar-refractivity contribution in [2.75, 3.05) is 37.9 Å². The third-order valence-electron chi connectivity index (χ3n) is 4.86. The Kier molecular flexibility index (Phi) is 6.98. The van der Waals surface area contributed by atoms with Crippen LogP contribution in [0, 0.1) is 10.1 Å². The van der Waals surface area contributed by atoms with Gasteiger partial charge in [0, 0.05) is 25.2 Å². The number of rotatable bonds is 8. The number of benzene rings is 1. The van der Waals surface area contributed by atoms with E-state index in [0.29, 0.717) is 35.2 Å². The molecule has 0 bridgehead atoms. The number of hydrogen-bond donors (Lipinski definition) is 0. The normalized spacial score (nSPS) is 12.2. The number of aromatic nitrogens is 1. The maximum atomic E-state index is 13.2. The van der Waals surface area contributed by atoms with E-state index in [4.69, 9.17) is 13.9 Å². The van der Waals surface area contributed by atoms with Crippen LogP contribution < -0.4 is 14.4 Å². The molecular weight excluding hydrogens is 448 g/mol. The molecule has 0 unspecified atom stereocenters. The first kappa shape index (κ1) is 22.8. The Bertz CT molecular complexity index is 1060. The van der Waals surface area contributed by atoms with E-state index in [0.717, 1.165) is 17.8 Å². The number of halogens is 1. The summed E-state index contributed by atoms with van der Waals surface area (Å²) in [6.45, 7) is 6.93. The van der Waals surface area contributed by atoms with Gasteiger partial charge in [0.2, 0.25) is 6.79 Å². The van der Waals surface area contributed by atoms with Gasteiger partial charge in [-0.05, 0) is 19.2 Å². The standard InChI is InChI=1S/C19H20N4O6S.ClH/c1-3-21(4-2)7-8-22(18(24)13-5-6-17(29-13)23(25)26)19-20-12-9-14-15(28-11-27-14)10-16(12)30-19;/h5-6,9-10H,3-4,7-8,11H2,1-2H3;1H. The average molecular weight is 469 g/mol. The Morgan fingerprint density at radius 2 is 1.90 bits per heavy atom. The molecule has 0 fully saturated rings. The summed E-state index contributed by atoms with van der Waals surface area (Å²) >= 11 is 1.34. The van der Waals surface area contributed by atoms with Gasteiger partial charge in [-0.3, -0.25) is 19.8 Å². The number of ether oxygens (including phenoxy) is 2. The molecule has 0 radical (unpaired) electrons. The molecule has 0 saturated carbocycles. The summed E-state index contributed by atoms with van der Waals surface area (Å²) in [5, 5.41) is 11.4. The number of fused-ring (bicyclic) bond motifs is 2. The molecule has 2 aromatic heterocycles. The molecule has 1 amide bonds. The van der Waals surface area contributed by atoms with Gasteiger partial charge in [-0.15, -0.1) is 12.4 Å². The molecule has 0 aliphatic carbocycles. The first-order valence-corrected chi connectivity index (χ1v) is 10.3. The van der Waals surface area contributed by atoms with Crippen molar-refractivity contribution in [3.63, 3.8) is 0 Å². The number of carbonyl (C=O) groups excluding carboxylic acids is 1. The van der Waals surface area contributed by atoms with Crippen LogP contribution in [0.2, 0.25) is 0 Å². The lowest BCUT2D eigenvalue weighted by molar-refractivity contribution is -0.402. The van der Waals surface area contributed by atoms with E-state index >= 15 is 0 Å². The fraction of sp³-hybridized carbons (Fsp3) is 0.368. The van der Waals surface area contributed by atoms with Crippen molar-refractivity contribution in [1.82, 2.24) is 9.88 Å². The van der Waals surface area contributed by atoms with Crippen molar-refractivity contribution < 1.29 is 23.6 Å². The van der Waals surface area contributed by atoms with Gasteiger partial charge < -0.3 is 18.8 Å². The summed E-state index contributed by atoms with van der Waals surface area (Å²) in [6.07, 6.45) is 0. The minimum atomic E-state index is -0.670. The number of thiazole rings is 1. The number of likely N-dealkylation sites (N-methyl/N-ethyl adjacent to an activating group) is 1. The van der Waals surface area contributed by atoms with Crippen molar-refractivity contribution in [1.29, 1.82) is 0 Å². The minimum Gasteiger partial charge on any atom is -0.454 e. The number of carbonyl (C=O) groups is 1. The Hall–Kier alpha value is -2.89. The van der Waals surface area contributed by atoms with Gasteiger partial charge in [0.25, 0.3) is 5.91 Å². The third-order valence-corrected chi connectivity index (χ3v) is 5.91. The number of anilines is 1. The van der Waals surface area contributed by atoms with Crippen LogP contribution in [0.25, 0.3) is 10.2 Å². The van der Waals surface area contributed by atoms with Crippen LogP contribution in [-0.4, -0.2) is 53.7 Å². The van der Waals surface area contributed by atoms with Crippen LogP contribution in [-0.2, 0) is 0 Å². The van der Waals surface area contributed by atoms with E-state index < -0.39 is 16.7 Å². The second kappa shape index (κ2) is 9.50. The summed E-state index contributed by atoms with van der Waals surface area (Å²) in [5.41, 5.74) is 0.685. The van der Waals surface area contributed by atoms with E-state index in [1.165, 1.54) is 28.4 Å². The van der Waals surface area contributed by atoms with Crippen LogP contribution in [0.5, 0.6) is 11.5 Å². The van der Waals surface area contributed by atoms with Gasteiger partial charge in [-0.2, -0.15) is 0 Å². The SMILES string of the molecule is CCN(CC)CCN(C(=O)c1ccc([N+](=O)[O-])o1)c1nc2cc3c(cc2s1)OCO3.Cl. The number of hydrogen-bond acceptors (Lipinski definition) is 9. The van der Waals surface area contributed by atoms with Crippen molar-refractivity contribution in [2.45, 2.75) is 13.8 Å². The molecule has 0 spiro atoms. The lowest BCUT2D eigenvalue weighted by atomic mass is 10.3. The number of nitro groups is 1. The van der Waals surface area contributed by atoms with E-state index in [1.54, 1.807) is 6.07 Å². The highest BCUT2D eigenvalue weighted by Gasteiger charge is 2.27. The molecule has 3 heterocycles. The zero-order valence-corrected chi connectivity index (χ0v) is 18.5. The van der Waals surface area contributed by atoms with Crippen LogP contribution in [0.4, 0.5) is 11.0 Å². The molecule has 1 aliphatic heterocycles. The van der Waals surface area contributed by atoms with E-state index in [9.17, 15) is 14.9 Å². The summed E-state index contributed by atoms with van der Waals surface area (Å²) < 4.78 is 16.8. The highest BCUT2D eigenvalue weighted by Crippen LogP contribution is 2.40. The van der Waals surface area contributed by atoms with Gasteiger partial charge in [0.05, 0.1) is 16.3 Å². The highest BCUT2D eigenvalue weighted by atomic mass is 35.5. The van der Waals surface area contributed by atoms with E-state index in [2.05, 4.69) is 9.88 Å². The molecule has 0 atom stereocenters. The lowest BCUT2D eigenvalue weighted by Crippen LogP contribution is -2.38. The monoisotopic (exact) mass is 468 g/mol. The Balaban J connectivity index is 0.00000272. The maximum Gasteiger partial charge on any atom is 0.433 e. The lowest BCUT2D eigenvalue weighted by Gasteiger charge is -2.23. The molecule has 4 rings (SSSR count). The summed E-state index contributed by atoms with van der Waals surface area (Å²) in [7, 11) is 0. The Morgan fingerprint density at radius 1 is 1.19 bits per heavy atom. The molecule has 166 valence electrons. The summed E-state index contributed by atoms with van der Waals surface area (Å²) in [6, 6.07) is 6.11. The molecule has 12 heteroatoms. The van der Waals surface area contributed by atoms with Gasteiger partial charge >= 0.3 is 5.88 Å². The third kappa shape index (κ3) is 4.58. The quantitative estimate of drug-likeness (QED) is 0.361. The first-order valence-electron chi connectivity index (χ1n) is 9.48. The summed E-state index contributed by atoms with van der Waals surface area (Å²) in [5.74, 6) is 0.198. The largest absolute Gasteiger partial charge is 0.454 e. The molecule has 3 aromatic rings. The van der Waals surface area contributed by atoms with Crippen LogP contribution in [0.3, 0.4) is 0 Å². The molecule has 0 saturated heterocycles. The Morgan fingerprint density at radius 3 is 2.55 bits per heavy atom. The second-order valence-electron chi connectivity index (χ2n) is 6.55.